The Balaban J connectivity index is 1.30. The van der Waals surface area contributed by atoms with Gasteiger partial charge in [0.05, 0.1) is 11.4 Å². The molecule has 0 spiro atoms. The van der Waals surface area contributed by atoms with Crippen LogP contribution in [0.1, 0.15) is 22.5 Å². The lowest BCUT2D eigenvalue weighted by Gasteiger charge is -2.36. The van der Waals surface area contributed by atoms with Gasteiger partial charge in [0.15, 0.2) is 0 Å². The normalized spacial score (nSPS) is 13.8. The lowest BCUT2D eigenvalue weighted by molar-refractivity contribution is -0.133. The van der Waals surface area contributed by atoms with Crippen LogP contribution >= 0.6 is 22.9 Å². The molecule has 3 rings (SSSR count). The minimum Gasteiger partial charge on any atom is -0.368 e. The Morgan fingerprint density at radius 2 is 1.83 bits per heavy atom. The lowest BCUT2D eigenvalue weighted by atomic mass is 10.2. The fourth-order valence-corrected chi connectivity index (χ4v) is 4.03. The molecule has 1 saturated heterocycles. The molecule has 2 heterocycles. The van der Waals surface area contributed by atoms with Gasteiger partial charge in [-0.15, -0.1) is 11.3 Å². The zero-order valence-electron chi connectivity index (χ0n) is 16.6. The summed E-state index contributed by atoms with van der Waals surface area (Å²) >= 11 is 7.42. The summed E-state index contributed by atoms with van der Waals surface area (Å²) in [6.07, 6.45) is 0.788. The lowest BCUT2D eigenvalue weighted by Crippen LogP contribution is -2.51. The Morgan fingerprint density at radius 1 is 1.03 bits per heavy atom. The van der Waals surface area contributed by atoms with Crippen LogP contribution in [0.2, 0.25) is 5.02 Å². The first kappa shape index (κ1) is 22.1. The Labute approximate surface area is 185 Å². The summed E-state index contributed by atoms with van der Waals surface area (Å²) in [6.45, 7) is 3.08. The van der Waals surface area contributed by atoms with Gasteiger partial charge < -0.3 is 20.4 Å². The van der Waals surface area contributed by atoms with Crippen LogP contribution in [-0.2, 0) is 9.59 Å². The van der Waals surface area contributed by atoms with Gasteiger partial charge in [0, 0.05) is 49.9 Å². The monoisotopic (exact) mass is 448 g/mol. The van der Waals surface area contributed by atoms with Crippen molar-refractivity contribution in [2.45, 2.75) is 12.8 Å². The van der Waals surface area contributed by atoms with Gasteiger partial charge in [-0.25, -0.2) is 0 Å². The van der Waals surface area contributed by atoms with E-state index >= 15 is 0 Å². The molecule has 1 aromatic heterocycles. The smallest absolute Gasteiger partial charge is 0.261 e. The van der Waals surface area contributed by atoms with Crippen molar-refractivity contribution in [2.24, 2.45) is 0 Å². The zero-order valence-corrected chi connectivity index (χ0v) is 18.2. The second-order valence-electron chi connectivity index (χ2n) is 6.96. The highest BCUT2D eigenvalue weighted by Crippen LogP contribution is 2.20. The predicted molar refractivity (Wildman–Crippen MR) is 119 cm³/mol. The molecule has 2 aromatic rings. The highest BCUT2D eigenvalue weighted by molar-refractivity contribution is 7.12. The summed E-state index contributed by atoms with van der Waals surface area (Å²) in [5.41, 5.74) is 1.05. The molecule has 0 radical (unpaired) electrons. The number of rotatable bonds is 8. The predicted octanol–water partition coefficient (Wildman–Crippen LogP) is 2.38. The fraction of sp³-hybridized carbons (Fsp3) is 0.381. The number of thiophene rings is 1. The number of nitrogens with one attached hydrogen (secondary N) is 2. The molecule has 1 aliphatic rings. The van der Waals surface area contributed by atoms with Crippen LogP contribution in [0.4, 0.5) is 5.69 Å². The van der Waals surface area contributed by atoms with Crippen molar-refractivity contribution in [3.05, 3.63) is 51.7 Å². The first-order valence-electron chi connectivity index (χ1n) is 9.89. The van der Waals surface area contributed by atoms with Gasteiger partial charge in [-0.2, -0.15) is 0 Å². The number of hydrogen-bond donors (Lipinski definition) is 2. The summed E-state index contributed by atoms with van der Waals surface area (Å²) in [7, 11) is 0. The van der Waals surface area contributed by atoms with Gasteiger partial charge in [-0.1, -0.05) is 23.7 Å². The van der Waals surface area contributed by atoms with Crippen molar-refractivity contribution in [1.82, 2.24) is 15.5 Å². The van der Waals surface area contributed by atoms with Crippen molar-refractivity contribution in [3.63, 3.8) is 0 Å². The summed E-state index contributed by atoms with van der Waals surface area (Å²) in [5, 5.41) is 7.99. The van der Waals surface area contributed by atoms with Gasteiger partial charge in [0.25, 0.3) is 5.91 Å². The molecule has 0 bridgehead atoms. The topological polar surface area (TPSA) is 81.8 Å². The van der Waals surface area contributed by atoms with E-state index in [-0.39, 0.29) is 30.7 Å². The van der Waals surface area contributed by atoms with Crippen LogP contribution < -0.4 is 15.5 Å². The van der Waals surface area contributed by atoms with Gasteiger partial charge in [-0.3, -0.25) is 14.4 Å². The number of halogens is 1. The second-order valence-corrected chi connectivity index (χ2v) is 8.35. The summed E-state index contributed by atoms with van der Waals surface area (Å²) in [4.78, 5) is 40.7. The number of amides is 3. The highest BCUT2D eigenvalue weighted by Gasteiger charge is 2.21. The van der Waals surface area contributed by atoms with Crippen LogP contribution in [0.25, 0.3) is 0 Å². The minimum absolute atomic E-state index is 0.00243. The van der Waals surface area contributed by atoms with Crippen LogP contribution in [0, 0.1) is 0 Å². The zero-order chi connectivity index (χ0) is 21.3. The van der Waals surface area contributed by atoms with Crippen LogP contribution in [0.5, 0.6) is 0 Å². The van der Waals surface area contributed by atoms with E-state index in [1.165, 1.54) is 11.3 Å². The van der Waals surface area contributed by atoms with Gasteiger partial charge >= 0.3 is 0 Å². The third-order valence-electron chi connectivity index (χ3n) is 4.85. The Morgan fingerprint density at radius 3 is 2.53 bits per heavy atom. The molecule has 160 valence electrons. The van der Waals surface area contributed by atoms with Crippen molar-refractivity contribution in [3.8, 4) is 0 Å². The maximum absolute atomic E-state index is 12.4. The van der Waals surface area contributed by atoms with Crippen molar-refractivity contribution < 1.29 is 14.4 Å². The third-order valence-corrected chi connectivity index (χ3v) is 5.96. The summed E-state index contributed by atoms with van der Waals surface area (Å²) < 4.78 is 0. The Bertz CT molecular complexity index is 867. The summed E-state index contributed by atoms with van der Waals surface area (Å²) in [6, 6.07) is 11.3. The number of hydrogen-bond acceptors (Lipinski definition) is 5. The molecule has 0 aliphatic carbocycles. The Hall–Kier alpha value is -2.58. The van der Waals surface area contributed by atoms with E-state index in [0.29, 0.717) is 36.0 Å². The van der Waals surface area contributed by atoms with Crippen LogP contribution in [0.3, 0.4) is 0 Å². The number of benzene rings is 1. The van der Waals surface area contributed by atoms with Gasteiger partial charge in [-0.05, 0) is 36.1 Å². The molecule has 30 heavy (non-hydrogen) atoms. The largest absolute Gasteiger partial charge is 0.368 e. The van der Waals surface area contributed by atoms with E-state index in [4.69, 9.17) is 11.6 Å². The number of anilines is 1. The fourth-order valence-electron chi connectivity index (χ4n) is 3.21. The first-order valence-corrected chi connectivity index (χ1v) is 11.2. The van der Waals surface area contributed by atoms with E-state index < -0.39 is 0 Å². The molecular weight excluding hydrogens is 424 g/mol. The van der Waals surface area contributed by atoms with Gasteiger partial charge in [0.2, 0.25) is 11.8 Å². The van der Waals surface area contributed by atoms with E-state index in [9.17, 15) is 14.4 Å². The molecule has 0 unspecified atom stereocenters. The maximum atomic E-state index is 12.4. The standard InChI is InChI=1S/C21H25ClN4O3S/c22-16-4-1-5-17(14-16)25-9-11-26(12-10-25)20(28)15-24-19(27)7-2-8-23-21(29)18-6-3-13-30-18/h1,3-6,13-14H,2,7-12,15H2,(H,23,29)(H,24,27). The van der Waals surface area contributed by atoms with Crippen molar-refractivity contribution in [1.29, 1.82) is 0 Å². The highest BCUT2D eigenvalue weighted by atomic mass is 35.5. The molecule has 1 fully saturated rings. The molecule has 1 aromatic carbocycles. The molecule has 0 atom stereocenters. The van der Waals surface area contributed by atoms with Crippen molar-refractivity contribution >= 4 is 46.3 Å². The van der Waals surface area contributed by atoms with Crippen LogP contribution in [-0.4, -0.2) is 61.9 Å². The summed E-state index contributed by atoms with van der Waals surface area (Å²) in [5.74, 6) is -0.399. The van der Waals surface area contributed by atoms with E-state index in [1.807, 2.05) is 35.7 Å². The molecule has 2 N–H and O–H groups in total. The van der Waals surface area contributed by atoms with Gasteiger partial charge in [0.1, 0.15) is 0 Å². The number of carbonyl (C=O) groups is 3. The maximum Gasteiger partial charge on any atom is 0.261 e. The minimum atomic E-state index is -0.189. The third kappa shape index (κ3) is 6.47. The SMILES string of the molecule is O=C(CCCNC(=O)c1cccs1)NCC(=O)N1CCN(c2cccc(Cl)c2)CC1. The first-order chi connectivity index (χ1) is 14.5. The average molecular weight is 449 g/mol. The van der Waals surface area contributed by atoms with E-state index in [1.54, 1.807) is 11.0 Å². The molecule has 9 heteroatoms. The van der Waals surface area contributed by atoms with E-state index in [0.717, 1.165) is 18.8 Å². The van der Waals surface area contributed by atoms with Crippen LogP contribution in [0.15, 0.2) is 41.8 Å². The molecule has 3 amide bonds. The number of carbonyl (C=O) groups excluding carboxylic acids is 3. The quantitative estimate of drug-likeness (QED) is 0.607. The Kier molecular flexibility index (Phi) is 8.10. The average Bonchev–Trinajstić information content (AvgIpc) is 3.30. The molecular formula is C21H25ClN4O3S. The molecule has 1 aliphatic heterocycles. The number of nitrogens with zero attached hydrogens (tertiary/aromatic N) is 2. The second kappa shape index (κ2) is 11.0. The van der Waals surface area contributed by atoms with Crippen molar-refractivity contribution in [2.75, 3.05) is 44.2 Å². The van der Waals surface area contributed by atoms with E-state index in [2.05, 4.69) is 15.5 Å². The molecule has 7 nitrogen and oxygen atoms in total. The molecule has 0 saturated carbocycles. The number of piperazine rings is 1.